The lowest BCUT2D eigenvalue weighted by Crippen LogP contribution is -2.49. The van der Waals surface area contributed by atoms with E-state index >= 15 is 0 Å². The second kappa shape index (κ2) is 5.77. The largest absolute Gasteiger partial charge is 0.396 e. The summed E-state index contributed by atoms with van der Waals surface area (Å²) in [5.74, 6) is 1.36. The Morgan fingerprint density at radius 3 is 2.59 bits per heavy atom. The minimum atomic E-state index is 0.0961. The van der Waals surface area contributed by atoms with Gasteiger partial charge >= 0.3 is 0 Å². The molecule has 2 atom stereocenters. The Morgan fingerprint density at radius 1 is 1.23 bits per heavy atom. The van der Waals surface area contributed by atoms with Gasteiger partial charge < -0.3 is 15.3 Å². The molecule has 0 aromatic heterocycles. The van der Waals surface area contributed by atoms with Crippen LogP contribution in [-0.2, 0) is 4.79 Å². The molecule has 2 unspecified atom stereocenters. The summed E-state index contributed by atoms with van der Waals surface area (Å²) in [7, 11) is 0. The van der Waals surface area contributed by atoms with E-state index in [1.54, 1.807) is 0 Å². The number of nitrogens with zero attached hydrogens (tertiary/aromatic N) is 2. The first-order chi connectivity index (χ1) is 10.7. The fourth-order valence-corrected chi connectivity index (χ4v) is 4.93. The minimum Gasteiger partial charge on any atom is -0.396 e. The Labute approximate surface area is 133 Å². The second-order valence-electron chi connectivity index (χ2n) is 7.96. The number of nitrogens with one attached hydrogen (secondary N) is 1. The first-order valence-corrected chi connectivity index (χ1v) is 9.06. The Hall–Kier alpha value is -0.650. The highest BCUT2D eigenvalue weighted by Gasteiger charge is 2.50. The van der Waals surface area contributed by atoms with Crippen molar-refractivity contribution in [1.82, 2.24) is 15.1 Å². The fourth-order valence-electron chi connectivity index (χ4n) is 4.93. The average molecular weight is 307 g/mol. The van der Waals surface area contributed by atoms with Crippen LogP contribution in [0.3, 0.4) is 0 Å². The Bertz CT molecular complexity index is 432. The summed E-state index contributed by atoms with van der Waals surface area (Å²) in [6.07, 6.45) is 5.68. The maximum Gasteiger partial charge on any atom is 0.225 e. The Morgan fingerprint density at radius 2 is 2.00 bits per heavy atom. The van der Waals surface area contributed by atoms with Crippen LogP contribution in [0.5, 0.6) is 0 Å². The molecule has 3 aliphatic heterocycles. The molecule has 1 saturated carbocycles. The first-order valence-electron chi connectivity index (χ1n) is 9.06. The van der Waals surface area contributed by atoms with E-state index in [0.29, 0.717) is 30.4 Å². The van der Waals surface area contributed by atoms with Gasteiger partial charge in [0.1, 0.15) is 0 Å². The fraction of sp³-hybridized carbons (Fsp3) is 0.941. The molecule has 3 heterocycles. The summed E-state index contributed by atoms with van der Waals surface area (Å²) >= 11 is 0. The van der Waals surface area contributed by atoms with Gasteiger partial charge in [0, 0.05) is 50.1 Å². The lowest BCUT2D eigenvalue weighted by Gasteiger charge is -2.40. The number of fused-ring (bicyclic) bond motifs is 1. The zero-order valence-corrected chi connectivity index (χ0v) is 13.5. The highest BCUT2D eigenvalue weighted by molar-refractivity contribution is 5.79. The van der Waals surface area contributed by atoms with Crippen LogP contribution in [-0.4, -0.2) is 72.7 Å². The van der Waals surface area contributed by atoms with Gasteiger partial charge in [0.25, 0.3) is 0 Å². The topological polar surface area (TPSA) is 55.8 Å². The van der Waals surface area contributed by atoms with E-state index in [0.717, 1.165) is 65.0 Å². The molecule has 1 amide bonds. The van der Waals surface area contributed by atoms with Gasteiger partial charge in [0.05, 0.1) is 6.61 Å². The molecule has 124 valence electrons. The number of rotatable bonds is 3. The number of carbonyl (C=O) groups excluding carboxylic acids is 1. The molecule has 3 saturated heterocycles. The smallest absolute Gasteiger partial charge is 0.225 e. The molecular weight excluding hydrogens is 278 g/mol. The molecule has 0 aromatic rings. The second-order valence-corrected chi connectivity index (χ2v) is 7.96. The van der Waals surface area contributed by atoms with Gasteiger partial charge in [-0.1, -0.05) is 6.42 Å². The quantitative estimate of drug-likeness (QED) is 0.787. The highest BCUT2D eigenvalue weighted by Crippen LogP contribution is 2.40. The number of aliphatic hydroxyl groups excluding tert-OH is 1. The van der Waals surface area contributed by atoms with E-state index in [1.807, 2.05) is 0 Å². The molecular formula is C17H29N3O2. The van der Waals surface area contributed by atoms with Crippen LogP contribution in [0.15, 0.2) is 0 Å². The third-order valence-electron chi connectivity index (χ3n) is 6.77. The third-order valence-corrected chi connectivity index (χ3v) is 6.77. The summed E-state index contributed by atoms with van der Waals surface area (Å²) in [5.41, 5.74) is 0.0961. The standard InChI is InChI=1S/C17H29N3O2/c21-12-17-10-18-8-14(17)9-20(11-17)15-4-6-19(7-5-15)16(22)13-2-1-3-13/h13-15,18,21H,1-12H2. The predicted molar refractivity (Wildman–Crippen MR) is 84.4 cm³/mol. The molecule has 2 N–H and O–H groups in total. The van der Waals surface area contributed by atoms with E-state index in [2.05, 4.69) is 15.1 Å². The van der Waals surface area contributed by atoms with Crippen LogP contribution in [0, 0.1) is 17.3 Å². The number of hydrogen-bond donors (Lipinski definition) is 2. The lowest BCUT2D eigenvalue weighted by atomic mass is 9.82. The van der Waals surface area contributed by atoms with Crippen LogP contribution in [0.25, 0.3) is 0 Å². The molecule has 4 fully saturated rings. The van der Waals surface area contributed by atoms with Gasteiger partial charge in [-0.2, -0.15) is 0 Å². The van der Waals surface area contributed by atoms with Gasteiger partial charge in [-0.05, 0) is 38.1 Å². The van der Waals surface area contributed by atoms with Gasteiger partial charge in [0.2, 0.25) is 5.91 Å². The Kier molecular flexibility index (Phi) is 3.91. The summed E-state index contributed by atoms with van der Waals surface area (Å²) in [6, 6.07) is 0.611. The van der Waals surface area contributed by atoms with Crippen molar-refractivity contribution in [3.8, 4) is 0 Å². The monoisotopic (exact) mass is 307 g/mol. The normalized spacial score (nSPS) is 37.3. The number of likely N-dealkylation sites (tertiary alicyclic amines) is 2. The van der Waals surface area contributed by atoms with Gasteiger partial charge in [-0.3, -0.25) is 9.69 Å². The molecule has 0 bridgehead atoms. The zero-order valence-electron chi connectivity index (χ0n) is 13.5. The zero-order chi connectivity index (χ0) is 15.2. The highest BCUT2D eigenvalue weighted by atomic mass is 16.3. The Balaban J connectivity index is 1.32. The molecule has 22 heavy (non-hydrogen) atoms. The van der Waals surface area contributed by atoms with E-state index in [9.17, 15) is 9.90 Å². The van der Waals surface area contributed by atoms with Crippen molar-refractivity contribution >= 4 is 5.91 Å². The lowest BCUT2D eigenvalue weighted by molar-refractivity contribution is -0.139. The van der Waals surface area contributed by atoms with Gasteiger partial charge in [0.15, 0.2) is 0 Å². The van der Waals surface area contributed by atoms with Gasteiger partial charge in [-0.15, -0.1) is 0 Å². The molecule has 5 heteroatoms. The van der Waals surface area contributed by atoms with Crippen LogP contribution in [0.2, 0.25) is 0 Å². The maximum absolute atomic E-state index is 12.3. The number of piperidine rings is 1. The maximum atomic E-state index is 12.3. The molecule has 4 aliphatic rings. The molecule has 0 aromatic carbocycles. The van der Waals surface area contributed by atoms with Crippen LogP contribution in [0.4, 0.5) is 0 Å². The van der Waals surface area contributed by atoms with Crippen molar-refractivity contribution in [2.75, 3.05) is 45.9 Å². The molecule has 4 rings (SSSR count). The first kappa shape index (κ1) is 14.9. The van der Waals surface area contributed by atoms with Crippen molar-refractivity contribution in [3.63, 3.8) is 0 Å². The van der Waals surface area contributed by atoms with E-state index in [1.165, 1.54) is 6.42 Å². The van der Waals surface area contributed by atoms with E-state index < -0.39 is 0 Å². The third kappa shape index (κ3) is 2.38. The number of carbonyl (C=O) groups is 1. The van der Waals surface area contributed by atoms with Crippen LogP contribution in [0.1, 0.15) is 32.1 Å². The van der Waals surface area contributed by atoms with Crippen LogP contribution < -0.4 is 5.32 Å². The number of aliphatic hydroxyl groups is 1. The van der Waals surface area contributed by atoms with Gasteiger partial charge in [-0.25, -0.2) is 0 Å². The van der Waals surface area contributed by atoms with Crippen molar-refractivity contribution in [2.45, 2.75) is 38.1 Å². The molecule has 0 spiro atoms. The van der Waals surface area contributed by atoms with Crippen molar-refractivity contribution in [2.24, 2.45) is 17.3 Å². The molecule has 1 aliphatic carbocycles. The number of amides is 1. The molecule has 0 radical (unpaired) electrons. The van der Waals surface area contributed by atoms with Crippen molar-refractivity contribution in [1.29, 1.82) is 0 Å². The van der Waals surface area contributed by atoms with E-state index in [-0.39, 0.29) is 5.41 Å². The van der Waals surface area contributed by atoms with Crippen molar-refractivity contribution in [3.05, 3.63) is 0 Å². The van der Waals surface area contributed by atoms with E-state index in [4.69, 9.17) is 0 Å². The van der Waals surface area contributed by atoms with Crippen LogP contribution >= 0.6 is 0 Å². The average Bonchev–Trinajstić information content (AvgIpc) is 3.02. The van der Waals surface area contributed by atoms with Crippen molar-refractivity contribution < 1.29 is 9.90 Å². The minimum absolute atomic E-state index is 0.0961. The summed E-state index contributed by atoms with van der Waals surface area (Å²) < 4.78 is 0. The summed E-state index contributed by atoms with van der Waals surface area (Å²) in [5, 5.41) is 13.3. The summed E-state index contributed by atoms with van der Waals surface area (Å²) in [4.78, 5) is 17.1. The predicted octanol–water partition coefficient (Wildman–Crippen LogP) is 0.291. The molecule has 5 nitrogen and oxygen atoms in total. The summed E-state index contributed by atoms with van der Waals surface area (Å²) in [6.45, 7) is 6.34. The SMILES string of the molecule is O=C(C1CCC1)N1CCC(N2CC3CNCC3(CO)C2)CC1. The number of hydrogen-bond acceptors (Lipinski definition) is 4.